The molecule has 1 heterocycles. The van der Waals surface area contributed by atoms with Gasteiger partial charge in [0.1, 0.15) is 46.1 Å². The van der Waals surface area contributed by atoms with Crippen LogP contribution in [-0.2, 0) is 9.47 Å². The Morgan fingerprint density at radius 1 is 0.542 bits per heavy atom. The van der Waals surface area contributed by atoms with Crippen molar-refractivity contribution in [3.63, 3.8) is 0 Å². The number of methoxy groups -OCH3 is 2. The van der Waals surface area contributed by atoms with Gasteiger partial charge in [-0.25, -0.2) is 9.59 Å². The minimum atomic E-state index is -0.955. The summed E-state index contributed by atoms with van der Waals surface area (Å²) in [5.74, 6) is -3.82. The summed E-state index contributed by atoms with van der Waals surface area (Å²) in [4.78, 5) is 69.4. The number of anilines is 4. The Bertz CT molecular complexity index is 1940. The van der Waals surface area contributed by atoms with E-state index in [4.69, 9.17) is 18.9 Å². The molecule has 0 atom stereocenters. The van der Waals surface area contributed by atoms with Crippen LogP contribution in [0.15, 0.2) is 60.7 Å². The van der Waals surface area contributed by atoms with E-state index < -0.39 is 65.9 Å². The molecule has 0 fully saturated rings. The van der Waals surface area contributed by atoms with Gasteiger partial charge in [-0.3, -0.25) is 40.5 Å². The highest BCUT2D eigenvalue weighted by Gasteiger charge is 2.31. The van der Waals surface area contributed by atoms with Crippen LogP contribution >= 0.6 is 0 Å². The molecular formula is C28H18N6O14. The van der Waals surface area contributed by atoms with Gasteiger partial charge in [0.2, 0.25) is 11.5 Å². The molecule has 20 nitrogen and oxygen atoms in total. The van der Waals surface area contributed by atoms with Gasteiger partial charge in [-0.05, 0) is 24.3 Å². The fraction of sp³-hybridized carbons (Fsp3) is 0.0714. The van der Waals surface area contributed by atoms with E-state index in [9.17, 15) is 50.0 Å². The molecule has 8 bridgehead atoms. The number of nitro benzene ring substituents is 4. The van der Waals surface area contributed by atoms with E-state index in [1.54, 1.807) is 0 Å². The van der Waals surface area contributed by atoms with Gasteiger partial charge < -0.3 is 29.6 Å². The summed E-state index contributed by atoms with van der Waals surface area (Å²) in [5.41, 5.74) is -4.63. The van der Waals surface area contributed by atoms with Crippen molar-refractivity contribution in [1.29, 1.82) is 0 Å². The Hall–Kier alpha value is -7.38. The van der Waals surface area contributed by atoms with Crippen molar-refractivity contribution < 1.29 is 48.2 Å². The van der Waals surface area contributed by atoms with Gasteiger partial charge in [-0.15, -0.1) is 0 Å². The molecule has 244 valence electrons. The quantitative estimate of drug-likeness (QED) is 0.115. The number of hydrogen-bond acceptors (Lipinski definition) is 16. The zero-order valence-corrected chi connectivity index (χ0v) is 24.3. The Balaban J connectivity index is 1.86. The Morgan fingerprint density at radius 2 is 0.896 bits per heavy atom. The summed E-state index contributed by atoms with van der Waals surface area (Å²) >= 11 is 0. The molecule has 4 aromatic rings. The van der Waals surface area contributed by atoms with E-state index >= 15 is 0 Å². The molecule has 0 aliphatic carbocycles. The number of nitrogens with one attached hydrogen (secondary N) is 2. The lowest BCUT2D eigenvalue weighted by atomic mass is 10.1. The second-order valence-electron chi connectivity index (χ2n) is 9.56. The van der Waals surface area contributed by atoms with Crippen molar-refractivity contribution in [3.8, 4) is 23.0 Å². The lowest BCUT2D eigenvalue weighted by molar-refractivity contribution is -0.394. The molecule has 0 spiro atoms. The van der Waals surface area contributed by atoms with Gasteiger partial charge >= 0.3 is 23.3 Å². The first kappa shape index (κ1) is 32.0. The van der Waals surface area contributed by atoms with Crippen LogP contribution in [0.4, 0.5) is 45.5 Å². The highest BCUT2D eigenvalue weighted by atomic mass is 16.6. The van der Waals surface area contributed by atoms with E-state index in [0.717, 1.165) is 50.6 Å². The molecule has 1 aliphatic heterocycles. The monoisotopic (exact) mass is 662 g/mol. The molecule has 0 amide bonds. The standard InChI is InChI=1S/C28H18N6O14/c1-45-27(35)15-5-3-13-7-23(15)47-25-9-17(19(31(37)38)11-21(25)33(41)42)30-14-4-6-16(28(36)46-2)24(8-14)48-26-10-18(29-13)20(32(39)40)12-22(26)34(43)44/h3-12,29-30H,1-2H3. The van der Waals surface area contributed by atoms with E-state index in [1.165, 1.54) is 12.1 Å². The van der Waals surface area contributed by atoms with Crippen LogP contribution in [0.3, 0.4) is 0 Å². The van der Waals surface area contributed by atoms with Gasteiger partial charge in [0, 0.05) is 35.6 Å². The Kier molecular flexibility index (Phi) is 8.37. The molecule has 0 unspecified atom stereocenters. The minimum absolute atomic E-state index is 0.0344. The minimum Gasteiger partial charge on any atom is -0.465 e. The van der Waals surface area contributed by atoms with Gasteiger partial charge in [-0.1, -0.05) is 0 Å². The number of hydrogen-bond donors (Lipinski definition) is 2. The number of ether oxygens (including phenoxy) is 4. The van der Waals surface area contributed by atoms with Gasteiger partial charge in [0.05, 0.1) is 33.9 Å². The SMILES string of the molecule is COC(=O)c1ccc2cc1Oc1cc(c([N+](=O)[O-])cc1[N+](=O)[O-])Nc1ccc(C(=O)OC)c(c1)Oc1cc(c([N+](=O)[O-])cc1[N+](=O)[O-])N2. The average molecular weight is 662 g/mol. The van der Waals surface area contributed by atoms with Gasteiger partial charge in [-0.2, -0.15) is 0 Å². The number of benzene rings is 4. The van der Waals surface area contributed by atoms with Crippen LogP contribution in [0, 0.1) is 40.5 Å². The van der Waals surface area contributed by atoms with Crippen molar-refractivity contribution in [2.45, 2.75) is 0 Å². The second kappa shape index (κ2) is 12.5. The first-order valence-electron chi connectivity index (χ1n) is 13.1. The second-order valence-corrected chi connectivity index (χ2v) is 9.56. The number of nitrogens with zero attached hydrogens (tertiary/aromatic N) is 4. The molecule has 0 saturated heterocycles. The third-order valence-electron chi connectivity index (χ3n) is 6.71. The number of nitro groups is 4. The topological polar surface area (TPSA) is 268 Å². The van der Waals surface area contributed by atoms with Crippen molar-refractivity contribution >= 4 is 57.4 Å². The normalized spacial score (nSPS) is 11.4. The highest BCUT2D eigenvalue weighted by Crippen LogP contribution is 2.45. The third-order valence-corrected chi connectivity index (χ3v) is 6.71. The maximum Gasteiger partial charge on any atom is 0.341 e. The van der Waals surface area contributed by atoms with E-state index in [0.29, 0.717) is 12.1 Å². The van der Waals surface area contributed by atoms with Crippen molar-refractivity contribution in [3.05, 3.63) is 112 Å². The number of fused-ring (bicyclic) bond motifs is 8. The predicted molar refractivity (Wildman–Crippen MR) is 162 cm³/mol. The summed E-state index contributed by atoms with van der Waals surface area (Å²) in [7, 11) is 2.10. The summed E-state index contributed by atoms with van der Waals surface area (Å²) in [6.07, 6.45) is 0. The first-order chi connectivity index (χ1) is 22.8. The van der Waals surface area contributed by atoms with Crippen LogP contribution in [-0.4, -0.2) is 45.9 Å². The predicted octanol–water partition coefficient (Wildman–Crippen LogP) is 6.28. The van der Waals surface area contributed by atoms with Crippen LogP contribution < -0.4 is 20.1 Å². The van der Waals surface area contributed by atoms with Crippen LogP contribution in [0.2, 0.25) is 0 Å². The molecule has 0 aromatic heterocycles. The highest BCUT2D eigenvalue weighted by molar-refractivity contribution is 5.95. The summed E-state index contributed by atoms with van der Waals surface area (Å²) in [5, 5.41) is 53.4. The zero-order chi connectivity index (χ0) is 34.9. The Labute approximate surface area is 266 Å². The largest absolute Gasteiger partial charge is 0.465 e. The Morgan fingerprint density at radius 3 is 1.21 bits per heavy atom. The molecule has 20 heteroatoms. The maximum absolute atomic E-state index is 12.6. The summed E-state index contributed by atoms with van der Waals surface area (Å²) in [6, 6.07) is 10.1. The molecule has 4 aromatic carbocycles. The van der Waals surface area contributed by atoms with Crippen LogP contribution in [0.1, 0.15) is 20.7 Å². The molecule has 2 N–H and O–H groups in total. The van der Waals surface area contributed by atoms with E-state index in [2.05, 4.69) is 10.6 Å². The average Bonchev–Trinajstić information content (AvgIpc) is 3.03. The number of rotatable bonds is 6. The maximum atomic E-state index is 12.6. The first-order valence-corrected chi connectivity index (χ1v) is 13.1. The number of carbonyl (C=O) groups is 2. The van der Waals surface area contributed by atoms with E-state index in [-0.39, 0.29) is 45.4 Å². The molecule has 0 radical (unpaired) electrons. The van der Waals surface area contributed by atoms with E-state index in [1.807, 2.05) is 0 Å². The summed E-state index contributed by atoms with van der Waals surface area (Å²) in [6.45, 7) is 0. The lowest BCUT2D eigenvalue weighted by Crippen LogP contribution is -2.08. The van der Waals surface area contributed by atoms with Crippen molar-refractivity contribution in [2.24, 2.45) is 0 Å². The third kappa shape index (κ3) is 6.10. The van der Waals surface area contributed by atoms with Gasteiger partial charge in [0.15, 0.2) is 0 Å². The smallest absolute Gasteiger partial charge is 0.341 e. The fourth-order valence-electron chi connectivity index (χ4n) is 4.54. The summed E-state index contributed by atoms with van der Waals surface area (Å²) < 4.78 is 21.1. The number of esters is 2. The van der Waals surface area contributed by atoms with Crippen molar-refractivity contribution in [1.82, 2.24) is 0 Å². The zero-order valence-electron chi connectivity index (χ0n) is 24.3. The number of carbonyl (C=O) groups excluding carboxylic acids is 2. The van der Waals surface area contributed by atoms with Crippen molar-refractivity contribution in [2.75, 3.05) is 24.9 Å². The molecule has 1 aliphatic rings. The van der Waals surface area contributed by atoms with Crippen LogP contribution in [0.5, 0.6) is 23.0 Å². The lowest BCUT2D eigenvalue weighted by Gasteiger charge is -2.17. The molecular weight excluding hydrogens is 644 g/mol. The molecule has 48 heavy (non-hydrogen) atoms. The molecule has 5 rings (SSSR count). The fourth-order valence-corrected chi connectivity index (χ4v) is 4.54. The van der Waals surface area contributed by atoms with Gasteiger partial charge in [0.25, 0.3) is 11.4 Å². The van der Waals surface area contributed by atoms with Crippen LogP contribution in [0.25, 0.3) is 0 Å². The molecule has 0 saturated carbocycles.